The Kier molecular flexibility index (Phi) is 4.57. The highest BCUT2D eigenvalue weighted by Gasteiger charge is 2.07. The third kappa shape index (κ3) is 3.88. The lowest BCUT2D eigenvalue weighted by molar-refractivity contribution is -0.128. The second-order valence-corrected chi connectivity index (χ2v) is 4.10. The van der Waals surface area contributed by atoms with Gasteiger partial charge in [0, 0.05) is 26.3 Å². The maximum absolute atomic E-state index is 11.2. The molecule has 0 atom stereocenters. The highest BCUT2D eigenvalue weighted by molar-refractivity contribution is 7.99. The fraction of sp³-hybridized carbons (Fsp3) is 0.625. The summed E-state index contributed by atoms with van der Waals surface area (Å²) < 4.78 is 5.17. The van der Waals surface area contributed by atoms with Crippen LogP contribution in [0.3, 0.4) is 0 Å². The molecule has 1 aromatic heterocycles. The smallest absolute Gasteiger partial charge is 0.276 e. The molecule has 0 aliphatic heterocycles. The highest BCUT2D eigenvalue weighted by Crippen LogP contribution is 2.16. The minimum atomic E-state index is 0.0843. The van der Waals surface area contributed by atoms with Crippen molar-refractivity contribution in [2.24, 2.45) is 5.73 Å². The van der Waals surface area contributed by atoms with Crippen LogP contribution in [0.15, 0.2) is 9.64 Å². The zero-order chi connectivity index (χ0) is 11.3. The molecule has 7 heteroatoms. The Labute approximate surface area is 92.2 Å². The molecule has 84 valence electrons. The summed E-state index contributed by atoms with van der Waals surface area (Å²) in [5.41, 5.74) is 5.31. The van der Waals surface area contributed by atoms with Crippen molar-refractivity contribution in [3.63, 3.8) is 0 Å². The van der Waals surface area contributed by atoms with Gasteiger partial charge in [0.1, 0.15) is 0 Å². The average Bonchev–Trinajstić information content (AvgIpc) is 2.65. The monoisotopic (exact) mass is 230 g/mol. The number of carbonyl (C=O) groups is 1. The number of nitrogens with zero attached hydrogens (tertiary/aromatic N) is 3. The summed E-state index contributed by atoms with van der Waals surface area (Å²) in [6.45, 7) is 0.240. The van der Waals surface area contributed by atoms with Crippen molar-refractivity contribution in [2.75, 3.05) is 19.8 Å². The van der Waals surface area contributed by atoms with Crippen molar-refractivity contribution in [1.82, 2.24) is 15.1 Å². The van der Waals surface area contributed by atoms with Crippen LogP contribution < -0.4 is 5.73 Å². The molecule has 1 amide bonds. The molecule has 0 fully saturated rings. The minimum Gasteiger partial charge on any atom is -0.415 e. The summed E-state index contributed by atoms with van der Waals surface area (Å²) in [5.74, 6) is 1.13. The lowest BCUT2D eigenvalue weighted by atomic mass is 10.4. The van der Waals surface area contributed by atoms with Crippen LogP contribution >= 0.6 is 11.8 Å². The lowest BCUT2D eigenvalue weighted by Gasteiger charge is -2.08. The van der Waals surface area contributed by atoms with Crippen molar-refractivity contribution in [3.05, 3.63) is 5.89 Å². The summed E-state index contributed by atoms with van der Waals surface area (Å²) in [6.07, 6.45) is 0.456. The quantitative estimate of drug-likeness (QED) is 0.722. The van der Waals surface area contributed by atoms with Gasteiger partial charge in [0.25, 0.3) is 5.22 Å². The summed E-state index contributed by atoms with van der Waals surface area (Å²) in [4.78, 5) is 12.8. The first-order valence-electron chi connectivity index (χ1n) is 4.49. The molecule has 1 rings (SSSR count). The van der Waals surface area contributed by atoms with Crippen LogP contribution in [-0.4, -0.2) is 40.9 Å². The van der Waals surface area contributed by atoms with E-state index in [1.54, 1.807) is 19.0 Å². The molecule has 2 N–H and O–H groups in total. The van der Waals surface area contributed by atoms with Gasteiger partial charge in [0.15, 0.2) is 0 Å². The molecule has 0 unspecified atom stereocenters. The molecule has 1 heterocycles. The predicted molar refractivity (Wildman–Crippen MR) is 56.2 cm³/mol. The molecule has 0 spiro atoms. The zero-order valence-corrected chi connectivity index (χ0v) is 9.58. The van der Waals surface area contributed by atoms with E-state index in [4.69, 9.17) is 10.2 Å². The molecule has 0 radical (unpaired) electrons. The van der Waals surface area contributed by atoms with Crippen LogP contribution in [0.2, 0.25) is 0 Å². The normalized spacial score (nSPS) is 10.3. The SMILES string of the molecule is CN(C)C(=O)CCSc1nnc(CN)o1. The van der Waals surface area contributed by atoms with E-state index in [1.165, 1.54) is 11.8 Å². The van der Waals surface area contributed by atoms with E-state index in [-0.39, 0.29) is 12.5 Å². The van der Waals surface area contributed by atoms with E-state index < -0.39 is 0 Å². The van der Waals surface area contributed by atoms with E-state index in [9.17, 15) is 4.79 Å². The van der Waals surface area contributed by atoms with E-state index in [0.29, 0.717) is 23.3 Å². The Hall–Kier alpha value is -1.08. The second kappa shape index (κ2) is 5.72. The molecule has 0 bridgehead atoms. The van der Waals surface area contributed by atoms with Gasteiger partial charge >= 0.3 is 0 Å². The second-order valence-electron chi connectivity index (χ2n) is 3.05. The summed E-state index contributed by atoms with van der Waals surface area (Å²) in [7, 11) is 3.46. The van der Waals surface area contributed by atoms with E-state index in [1.807, 2.05) is 0 Å². The van der Waals surface area contributed by atoms with Gasteiger partial charge < -0.3 is 15.1 Å². The molecular weight excluding hydrogens is 216 g/mol. The minimum absolute atomic E-state index is 0.0843. The molecular formula is C8H14N4O2S. The first kappa shape index (κ1) is 12.0. The Bertz CT molecular complexity index is 326. The van der Waals surface area contributed by atoms with E-state index in [2.05, 4.69) is 10.2 Å². The number of nitrogens with two attached hydrogens (primary N) is 1. The van der Waals surface area contributed by atoms with E-state index in [0.717, 1.165) is 0 Å². The highest BCUT2D eigenvalue weighted by atomic mass is 32.2. The fourth-order valence-corrected chi connectivity index (χ4v) is 1.53. The summed E-state index contributed by atoms with van der Waals surface area (Å²) >= 11 is 1.36. The first-order valence-corrected chi connectivity index (χ1v) is 5.47. The zero-order valence-electron chi connectivity index (χ0n) is 8.77. The van der Waals surface area contributed by atoms with E-state index >= 15 is 0 Å². The molecule has 0 saturated carbocycles. The van der Waals surface area contributed by atoms with Crippen LogP contribution in [0.5, 0.6) is 0 Å². The number of aromatic nitrogens is 2. The average molecular weight is 230 g/mol. The van der Waals surface area contributed by atoms with Gasteiger partial charge in [-0.05, 0) is 0 Å². The third-order valence-electron chi connectivity index (χ3n) is 1.66. The Morgan fingerprint density at radius 1 is 1.53 bits per heavy atom. The number of hydrogen-bond acceptors (Lipinski definition) is 6. The van der Waals surface area contributed by atoms with Gasteiger partial charge in [-0.25, -0.2) is 0 Å². The maximum Gasteiger partial charge on any atom is 0.276 e. The predicted octanol–water partition coefficient (Wildman–Crippen LogP) is 0.0987. The van der Waals surface area contributed by atoms with Gasteiger partial charge in [0.2, 0.25) is 11.8 Å². The Morgan fingerprint density at radius 3 is 2.80 bits per heavy atom. The number of carbonyl (C=O) groups excluding carboxylic acids is 1. The molecule has 0 saturated heterocycles. The molecule has 0 aliphatic rings. The van der Waals surface area contributed by atoms with Gasteiger partial charge in [-0.2, -0.15) is 0 Å². The van der Waals surface area contributed by atoms with Crippen LogP contribution in [0.4, 0.5) is 0 Å². The van der Waals surface area contributed by atoms with Crippen LogP contribution in [0.1, 0.15) is 12.3 Å². The standard InChI is InChI=1S/C8H14N4O2S/c1-12(2)7(13)3-4-15-8-11-10-6(5-9)14-8/h3-5,9H2,1-2H3. The Morgan fingerprint density at radius 2 is 2.27 bits per heavy atom. The third-order valence-corrected chi connectivity index (χ3v) is 2.48. The lowest BCUT2D eigenvalue weighted by Crippen LogP contribution is -2.21. The fourth-order valence-electron chi connectivity index (χ4n) is 0.828. The largest absolute Gasteiger partial charge is 0.415 e. The van der Waals surface area contributed by atoms with Crippen LogP contribution in [0, 0.1) is 0 Å². The number of amides is 1. The summed E-state index contributed by atoms with van der Waals surface area (Å²) in [6, 6.07) is 0. The molecule has 6 nitrogen and oxygen atoms in total. The molecule has 0 aromatic carbocycles. The molecule has 0 aliphatic carbocycles. The summed E-state index contributed by atoms with van der Waals surface area (Å²) in [5, 5.41) is 7.94. The van der Waals surface area contributed by atoms with Gasteiger partial charge in [-0.15, -0.1) is 10.2 Å². The van der Waals surface area contributed by atoms with Crippen LogP contribution in [0.25, 0.3) is 0 Å². The van der Waals surface area contributed by atoms with Crippen molar-refractivity contribution >= 4 is 17.7 Å². The van der Waals surface area contributed by atoms with Gasteiger partial charge in [-0.3, -0.25) is 4.79 Å². The number of rotatable bonds is 5. The van der Waals surface area contributed by atoms with Crippen molar-refractivity contribution in [2.45, 2.75) is 18.2 Å². The van der Waals surface area contributed by atoms with Crippen molar-refractivity contribution in [3.8, 4) is 0 Å². The molecule has 1 aromatic rings. The van der Waals surface area contributed by atoms with Crippen LogP contribution in [-0.2, 0) is 11.3 Å². The van der Waals surface area contributed by atoms with Gasteiger partial charge in [0.05, 0.1) is 6.54 Å². The van der Waals surface area contributed by atoms with Crippen molar-refractivity contribution < 1.29 is 9.21 Å². The van der Waals surface area contributed by atoms with Gasteiger partial charge in [-0.1, -0.05) is 11.8 Å². The first-order chi connectivity index (χ1) is 7.13. The number of hydrogen-bond donors (Lipinski definition) is 1. The molecule has 15 heavy (non-hydrogen) atoms. The maximum atomic E-state index is 11.2. The van der Waals surface area contributed by atoms with Crippen molar-refractivity contribution in [1.29, 1.82) is 0 Å². The number of thioether (sulfide) groups is 1. The Balaban J connectivity index is 2.28. The topological polar surface area (TPSA) is 85.2 Å².